The molecule has 1 aliphatic rings. The van der Waals surface area contributed by atoms with E-state index in [9.17, 15) is 9.59 Å². The molecule has 0 radical (unpaired) electrons. The Morgan fingerprint density at radius 3 is 2.35 bits per heavy atom. The van der Waals surface area contributed by atoms with Crippen LogP contribution in [-0.4, -0.2) is 41.7 Å². The van der Waals surface area contributed by atoms with Crippen LogP contribution in [0.4, 0.5) is 11.6 Å². The van der Waals surface area contributed by atoms with Crippen LogP contribution in [0.3, 0.4) is 0 Å². The molecule has 136 valence electrons. The van der Waals surface area contributed by atoms with Gasteiger partial charge in [-0.1, -0.05) is 18.2 Å². The van der Waals surface area contributed by atoms with Crippen LogP contribution < -0.4 is 4.90 Å². The molecule has 0 unspecified atom stereocenters. The lowest BCUT2D eigenvalue weighted by Crippen LogP contribution is -2.28. The highest BCUT2D eigenvalue weighted by atomic mass is 16.6. The lowest BCUT2D eigenvalue weighted by atomic mass is 9.95. The van der Waals surface area contributed by atoms with E-state index in [0.717, 1.165) is 17.7 Å². The number of anilines is 2. The topological polar surface area (TPSA) is 81.6 Å². The van der Waals surface area contributed by atoms with Gasteiger partial charge in [0, 0.05) is 24.5 Å². The van der Waals surface area contributed by atoms with Crippen molar-refractivity contribution in [1.82, 2.24) is 9.97 Å². The minimum Gasteiger partial charge on any atom is -0.465 e. The Kier molecular flexibility index (Phi) is 5.46. The highest BCUT2D eigenvalue weighted by molar-refractivity contribution is 6.02. The third kappa shape index (κ3) is 3.37. The molecule has 0 bridgehead atoms. The summed E-state index contributed by atoms with van der Waals surface area (Å²) < 4.78 is 10.3. The average molecular weight is 355 g/mol. The minimum absolute atomic E-state index is 0.190. The number of hydrogen-bond acceptors (Lipinski definition) is 7. The number of nitrogens with zero attached hydrogens (tertiary/aromatic N) is 3. The van der Waals surface area contributed by atoms with Gasteiger partial charge in [0.2, 0.25) is 5.95 Å². The van der Waals surface area contributed by atoms with Gasteiger partial charge in [-0.3, -0.25) is 9.59 Å². The number of carbonyl (C=O) groups excluding carboxylic acids is 2. The second kappa shape index (κ2) is 7.95. The molecule has 0 saturated carbocycles. The van der Waals surface area contributed by atoms with E-state index in [1.807, 2.05) is 17.0 Å². The van der Waals surface area contributed by atoms with E-state index >= 15 is 0 Å². The summed E-state index contributed by atoms with van der Waals surface area (Å²) in [6.07, 6.45) is 4.11. The molecule has 0 N–H and O–H groups in total. The minimum atomic E-state index is -1.13. The third-order valence-electron chi connectivity index (χ3n) is 4.17. The molecule has 0 spiro atoms. The van der Waals surface area contributed by atoms with Crippen LogP contribution in [-0.2, 0) is 25.5 Å². The highest BCUT2D eigenvalue weighted by Crippen LogP contribution is 2.39. The van der Waals surface area contributed by atoms with E-state index in [-0.39, 0.29) is 13.2 Å². The normalized spacial score (nSPS) is 12.8. The molecule has 0 saturated heterocycles. The van der Waals surface area contributed by atoms with Crippen LogP contribution in [0.25, 0.3) is 0 Å². The number of esters is 2. The number of ether oxygens (including phenoxy) is 2. The Hall–Kier alpha value is -2.96. The smallest absolute Gasteiger partial charge is 0.324 e. The van der Waals surface area contributed by atoms with Gasteiger partial charge in [-0.2, -0.15) is 0 Å². The molecule has 0 fully saturated rings. The maximum atomic E-state index is 12.5. The Labute approximate surface area is 152 Å². The number of rotatable bonds is 6. The molecule has 1 aromatic carbocycles. The van der Waals surface area contributed by atoms with Crippen LogP contribution in [0, 0.1) is 0 Å². The number of fused-ring (bicyclic) bond motifs is 1. The zero-order valence-electron chi connectivity index (χ0n) is 14.8. The maximum absolute atomic E-state index is 12.5. The van der Waals surface area contributed by atoms with Crippen LogP contribution >= 0.6 is 0 Å². The Morgan fingerprint density at radius 1 is 1.08 bits per heavy atom. The largest absolute Gasteiger partial charge is 0.465 e. The first-order chi connectivity index (χ1) is 12.7. The van der Waals surface area contributed by atoms with E-state index in [4.69, 9.17) is 9.47 Å². The lowest BCUT2D eigenvalue weighted by Gasteiger charge is -2.23. The quantitative estimate of drug-likeness (QED) is 0.581. The fourth-order valence-corrected chi connectivity index (χ4v) is 3.15. The van der Waals surface area contributed by atoms with Gasteiger partial charge in [0.05, 0.1) is 18.9 Å². The Balaban J connectivity index is 2.08. The van der Waals surface area contributed by atoms with E-state index < -0.39 is 17.9 Å². The number of para-hydroxylation sites is 1. The van der Waals surface area contributed by atoms with Crippen LogP contribution in [0.2, 0.25) is 0 Å². The van der Waals surface area contributed by atoms with Crippen LogP contribution in [0.1, 0.15) is 30.9 Å². The summed E-state index contributed by atoms with van der Waals surface area (Å²) in [5.74, 6) is -1.82. The third-order valence-corrected chi connectivity index (χ3v) is 4.17. The van der Waals surface area contributed by atoms with Gasteiger partial charge in [-0.15, -0.1) is 0 Å². The fraction of sp³-hybridized carbons (Fsp3) is 0.368. The second-order valence-corrected chi connectivity index (χ2v) is 5.74. The number of benzene rings is 1. The maximum Gasteiger partial charge on any atom is 0.324 e. The molecule has 1 aromatic heterocycles. The summed E-state index contributed by atoms with van der Waals surface area (Å²) >= 11 is 0. The van der Waals surface area contributed by atoms with Crippen molar-refractivity contribution in [3.63, 3.8) is 0 Å². The van der Waals surface area contributed by atoms with Gasteiger partial charge >= 0.3 is 11.9 Å². The predicted octanol–water partition coefficient (Wildman–Crippen LogP) is 2.38. The van der Waals surface area contributed by atoms with Gasteiger partial charge < -0.3 is 14.4 Å². The van der Waals surface area contributed by atoms with Crippen molar-refractivity contribution in [2.45, 2.75) is 26.2 Å². The summed E-state index contributed by atoms with van der Waals surface area (Å²) in [6.45, 7) is 4.47. The molecule has 26 heavy (non-hydrogen) atoms. The summed E-state index contributed by atoms with van der Waals surface area (Å²) in [5.41, 5.74) is 2.38. The molecular formula is C19H21N3O4. The van der Waals surface area contributed by atoms with Gasteiger partial charge in [-0.05, 0) is 31.9 Å². The van der Waals surface area contributed by atoms with E-state index in [1.54, 1.807) is 38.4 Å². The lowest BCUT2D eigenvalue weighted by molar-refractivity contribution is -0.156. The van der Waals surface area contributed by atoms with Crippen molar-refractivity contribution in [2.24, 2.45) is 0 Å². The Morgan fingerprint density at radius 2 is 1.73 bits per heavy atom. The zero-order valence-corrected chi connectivity index (χ0v) is 14.8. The number of carbonyl (C=O) groups is 2. The van der Waals surface area contributed by atoms with Crippen molar-refractivity contribution in [1.29, 1.82) is 0 Å². The Bertz CT molecular complexity index is 777. The van der Waals surface area contributed by atoms with Crippen molar-refractivity contribution < 1.29 is 19.1 Å². The molecule has 1 aliphatic heterocycles. The highest BCUT2D eigenvalue weighted by Gasteiger charge is 2.37. The molecular weight excluding hydrogens is 334 g/mol. The molecule has 2 aromatic rings. The predicted molar refractivity (Wildman–Crippen MR) is 95.2 cm³/mol. The molecule has 7 heteroatoms. The number of aromatic nitrogens is 2. The van der Waals surface area contributed by atoms with Gasteiger partial charge in [0.1, 0.15) is 0 Å². The van der Waals surface area contributed by atoms with Gasteiger partial charge in [-0.25, -0.2) is 9.97 Å². The first-order valence-electron chi connectivity index (χ1n) is 8.67. The summed E-state index contributed by atoms with van der Waals surface area (Å²) in [7, 11) is 0. The van der Waals surface area contributed by atoms with Crippen LogP contribution in [0.5, 0.6) is 0 Å². The first-order valence-corrected chi connectivity index (χ1v) is 8.67. The van der Waals surface area contributed by atoms with Crippen molar-refractivity contribution in [3.05, 3.63) is 47.8 Å². The fourth-order valence-electron chi connectivity index (χ4n) is 3.15. The summed E-state index contributed by atoms with van der Waals surface area (Å²) in [4.78, 5) is 35.6. The molecule has 0 aliphatic carbocycles. The molecule has 0 amide bonds. The summed E-state index contributed by atoms with van der Waals surface area (Å²) in [5, 5.41) is 0. The second-order valence-electron chi connectivity index (χ2n) is 5.74. The molecule has 7 nitrogen and oxygen atoms in total. The van der Waals surface area contributed by atoms with Crippen molar-refractivity contribution in [2.75, 3.05) is 24.7 Å². The van der Waals surface area contributed by atoms with Crippen LogP contribution in [0.15, 0.2) is 36.7 Å². The van der Waals surface area contributed by atoms with E-state index in [1.165, 1.54) is 0 Å². The molecule has 2 heterocycles. The zero-order chi connectivity index (χ0) is 18.5. The molecule has 3 rings (SSSR count). The SMILES string of the molecule is CCOC(=O)C(C(=O)OCC)c1cccc2c1N(c1ncccn1)CC2. The number of hydrogen-bond donors (Lipinski definition) is 0. The summed E-state index contributed by atoms with van der Waals surface area (Å²) in [6, 6.07) is 7.33. The monoisotopic (exact) mass is 355 g/mol. The van der Waals surface area contributed by atoms with E-state index in [2.05, 4.69) is 9.97 Å². The van der Waals surface area contributed by atoms with Gasteiger partial charge in [0.15, 0.2) is 5.92 Å². The van der Waals surface area contributed by atoms with E-state index in [0.29, 0.717) is 18.1 Å². The first kappa shape index (κ1) is 17.8. The molecule has 0 atom stereocenters. The van der Waals surface area contributed by atoms with Crippen molar-refractivity contribution >= 4 is 23.6 Å². The average Bonchev–Trinajstić information content (AvgIpc) is 3.08. The van der Waals surface area contributed by atoms with Crippen molar-refractivity contribution in [3.8, 4) is 0 Å². The van der Waals surface area contributed by atoms with Gasteiger partial charge in [0.25, 0.3) is 0 Å². The standard InChI is InChI=1S/C19H21N3O4/c1-3-25-17(23)15(18(24)26-4-2)14-8-5-7-13-9-12-22(16(13)14)19-20-10-6-11-21-19/h5-8,10-11,15H,3-4,9,12H2,1-2H3.